The van der Waals surface area contributed by atoms with Crippen LogP contribution in [0.3, 0.4) is 0 Å². The van der Waals surface area contributed by atoms with Gasteiger partial charge < -0.3 is 5.32 Å². The number of anilines is 1. The van der Waals surface area contributed by atoms with Crippen LogP contribution in [0.25, 0.3) is 0 Å². The van der Waals surface area contributed by atoms with Gasteiger partial charge in [-0.2, -0.15) is 0 Å². The van der Waals surface area contributed by atoms with Crippen LogP contribution < -0.4 is 5.32 Å². The smallest absolute Gasteiger partial charge is 0.0343 e. The number of nitrogens with one attached hydrogen (secondary N) is 1. The summed E-state index contributed by atoms with van der Waals surface area (Å²) in [6, 6.07) is 8.90. The van der Waals surface area contributed by atoms with Crippen LogP contribution in [-0.4, -0.2) is 6.04 Å². The molecule has 0 spiro atoms. The standard InChI is InChI=1S/C13H20BrN/c1-9(2)13(10(3)4)15-12-7-5-11(14)6-8-12/h5-10,13,15H,1-4H3. The summed E-state index contributed by atoms with van der Waals surface area (Å²) in [5.41, 5.74) is 1.20. The summed E-state index contributed by atoms with van der Waals surface area (Å²) in [6.45, 7) is 9.04. The summed E-state index contributed by atoms with van der Waals surface area (Å²) in [5, 5.41) is 3.58. The second-order valence-electron chi connectivity index (χ2n) is 4.67. The molecule has 1 N–H and O–H groups in total. The predicted molar refractivity (Wildman–Crippen MR) is 71.2 cm³/mol. The van der Waals surface area contributed by atoms with Crippen molar-refractivity contribution in [3.8, 4) is 0 Å². The third-order valence-corrected chi connectivity index (χ3v) is 3.14. The van der Waals surface area contributed by atoms with E-state index in [9.17, 15) is 0 Å². The summed E-state index contributed by atoms with van der Waals surface area (Å²) < 4.78 is 1.12. The lowest BCUT2D eigenvalue weighted by Crippen LogP contribution is -2.30. The predicted octanol–water partition coefficient (Wildman–Crippen LogP) is 4.54. The monoisotopic (exact) mass is 269 g/mol. The largest absolute Gasteiger partial charge is 0.382 e. The fourth-order valence-corrected chi connectivity index (χ4v) is 2.11. The van der Waals surface area contributed by atoms with Crippen molar-refractivity contribution >= 4 is 21.6 Å². The van der Waals surface area contributed by atoms with Gasteiger partial charge in [-0.1, -0.05) is 43.6 Å². The Labute approximate surface area is 101 Å². The Morgan fingerprint density at radius 2 is 1.40 bits per heavy atom. The van der Waals surface area contributed by atoms with Gasteiger partial charge in [0.15, 0.2) is 0 Å². The Morgan fingerprint density at radius 3 is 1.80 bits per heavy atom. The van der Waals surface area contributed by atoms with Crippen LogP contribution >= 0.6 is 15.9 Å². The second-order valence-corrected chi connectivity index (χ2v) is 5.58. The summed E-state index contributed by atoms with van der Waals surface area (Å²) in [6.07, 6.45) is 0. The lowest BCUT2D eigenvalue weighted by atomic mass is 9.93. The maximum Gasteiger partial charge on any atom is 0.0343 e. The number of hydrogen-bond donors (Lipinski definition) is 1. The highest BCUT2D eigenvalue weighted by Gasteiger charge is 2.16. The first-order valence-corrected chi connectivity index (χ1v) is 6.32. The van der Waals surface area contributed by atoms with Crippen LogP contribution in [0.15, 0.2) is 28.7 Å². The molecular weight excluding hydrogens is 250 g/mol. The van der Waals surface area contributed by atoms with Gasteiger partial charge in [0.1, 0.15) is 0 Å². The Hall–Kier alpha value is -0.500. The quantitative estimate of drug-likeness (QED) is 0.846. The van der Waals surface area contributed by atoms with E-state index in [0.29, 0.717) is 17.9 Å². The van der Waals surface area contributed by atoms with Crippen LogP contribution in [0.2, 0.25) is 0 Å². The molecule has 0 fully saturated rings. The summed E-state index contributed by atoms with van der Waals surface area (Å²) in [4.78, 5) is 0. The lowest BCUT2D eigenvalue weighted by molar-refractivity contribution is 0.413. The van der Waals surface area contributed by atoms with Gasteiger partial charge in [0.05, 0.1) is 0 Å². The number of hydrogen-bond acceptors (Lipinski definition) is 1. The van der Waals surface area contributed by atoms with E-state index in [1.54, 1.807) is 0 Å². The van der Waals surface area contributed by atoms with E-state index in [-0.39, 0.29) is 0 Å². The van der Waals surface area contributed by atoms with Gasteiger partial charge in [0, 0.05) is 16.2 Å². The van der Waals surface area contributed by atoms with E-state index in [0.717, 1.165) is 4.47 Å². The van der Waals surface area contributed by atoms with Crippen molar-refractivity contribution in [3.63, 3.8) is 0 Å². The molecule has 1 rings (SSSR count). The van der Waals surface area contributed by atoms with Crippen molar-refractivity contribution in [1.29, 1.82) is 0 Å². The van der Waals surface area contributed by atoms with E-state index < -0.39 is 0 Å². The molecule has 0 unspecified atom stereocenters. The maximum atomic E-state index is 3.58. The molecule has 0 saturated carbocycles. The minimum Gasteiger partial charge on any atom is -0.382 e. The summed E-state index contributed by atoms with van der Waals surface area (Å²) in [7, 11) is 0. The molecule has 1 nitrogen and oxygen atoms in total. The molecule has 0 aliphatic rings. The van der Waals surface area contributed by atoms with Crippen molar-refractivity contribution in [1.82, 2.24) is 0 Å². The fraction of sp³-hybridized carbons (Fsp3) is 0.538. The summed E-state index contributed by atoms with van der Waals surface area (Å²) in [5.74, 6) is 1.29. The molecule has 84 valence electrons. The zero-order valence-corrected chi connectivity index (χ0v) is 11.5. The van der Waals surface area contributed by atoms with Gasteiger partial charge in [-0.15, -0.1) is 0 Å². The molecule has 0 amide bonds. The van der Waals surface area contributed by atoms with Crippen molar-refractivity contribution in [2.75, 3.05) is 5.32 Å². The van der Waals surface area contributed by atoms with E-state index in [4.69, 9.17) is 0 Å². The van der Waals surface area contributed by atoms with Gasteiger partial charge in [0.2, 0.25) is 0 Å². The van der Waals surface area contributed by atoms with Gasteiger partial charge in [-0.3, -0.25) is 0 Å². The minimum absolute atomic E-state index is 0.533. The maximum absolute atomic E-state index is 3.58. The molecule has 0 saturated heterocycles. The average molecular weight is 270 g/mol. The highest BCUT2D eigenvalue weighted by Crippen LogP contribution is 2.20. The highest BCUT2D eigenvalue weighted by molar-refractivity contribution is 9.10. The molecule has 0 aliphatic heterocycles. The number of rotatable bonds is 4. The molecule has 0 aliphatic carbocycles. The van der Waals surface area contributed by atoms with Gasteiger partial charge in [-0.05, 0) is 36.1 Å². The third kappa shape index (κ3) is 3.86. The molecule has 0 bridgehead atoms. The topological polar surface area (TPSA) is 12.0 Å². The zero-order chi connectivity index (χ0) is 11.4. The van der Waals surface area contributed by atoms with E-state index in [2.05, 4.69) is 73.2 Å². The lowest BCUT2D eigenvalue weighted by Gasteiger charge is -2.27. The molecule has 1 aromatic carbocycles. The molecule has 2 heteroatoms. The Balaban J connectivity index is 2.70. The van der Waals surface area contributed by atoms with Crippen molar-refractivity contribution in [2.24, 2.45) is 11.8 Å². The van der Waals surface area contributed by atoms with Crippen LogP contribution in [-0.2, 0) is 0 Å². The molecule has 0 aromatic heterocycles. The van der Waals surface area contributed by atoms with Gasteiger partial charge >= 0.3 is 0 Å². The van der Waals surface area contributed by atoms with Crippen LogP contribution in [0.4, 0.5) is 5.69 Å². The van der Waals surface area contributed by atoms with E-state index >= 15 is 0 Å². The van der Waals surface area contributed by atoms with Crippen LogP contribution in [0.5, 0.6) is 0 Å². The first-order valence-electron chi connectivity index (χ1n) is 5.53. The van der Waals surface area contributed by atoms with E-state index in [1.807, 2.05) is 0 Å². The van der Waals surface area contributed by atoms with Crippen LogP contribution in [0, 0.1) is 11.8 Å². The number of benzene rings is 1. The van der Waals surface area contributed by atoms with Gasteiger partial charge in [0.25, 0.3) is 0 Å². The molecule has 0 radical (unpaired) electrons. The molecule has 15 heavy (non-hydrogen) atoms. The third-order valence-electron chi connectivity index (χ3n) is 2.61. The average Bonchev–Trinajstić information content (AvgIpc) is 2.15. The van der Waals surface area contributed by atoms with Crippen molar-refractivity contribution in [3.05, 3.63) is 28.7 Å². The van der Waals surface area contributed by atoms with E-state index in [1.165, 1.54) is 5.69 Å². The Kier molecular flexibility index (Phi) is 4.65. The van der Waals surface area contributed by atoms with Crippen molar-refractivity contribution < 1.29 is 0 Å². The first kappa shape index (κ1) is 12.6. The molecule has 1 aromatic rings. The Morgan fingerprint density at radius 1 is 0.933 bits per heavy atom. The highest BCUT2D eigenvalue weighted by atomic mass is 79.9. The fourth-order valence-electron chi connectivity index (χ4n) is 1.84. The number of halogens is 1. The molecule has 0 heterocycles. The second kappa shape index (κ2) is 5.55. The van der Waals surface area contributed by atoms with Gasteiger partial charge in [-0.25, -0.2) is 0 Å². The normalized spacial score (nSPS) is 11.5. The first-order chi connectivity index (χ1) is 7.00. The SMILES string of the molecule is CC(C)C(Nc1ccc(Br)cc1)C(C)C. The Bertz CT molecular complexity index is 282. The zero-order valence-electron chi connectivity index (χ0n) is 9.92. The van der Waals surface area contributed by atoms with Crippen LogP contribution in [0.1, 0.15) is 27.7 Å². The molecular formula is C13H20BrN. The summed E-state index contributed by atoms with van der Waals surface area (Å²) >= 11 is 3.44. The minimum atomic E-state index is 0.533. The van der Waals surface area contributed by atoms with Crippen molar-refractivity contribution in [2.45, 2.75) is 33.7 Å². The molecule has 0 atom stereocenters.